The van der Waals surface area contributed by atoms with Crippen molar-refractivity contribution in [1.82, 2.24) is 4.98 Å². The summed E-state index contributed by atoms with van der Waals surface area (Å²) in [4.78, 5) is 4.20. The fourth-order valence-electron chi connectivity index (χ4n) is 2.53. The minimum absolute atomic E-state index is 0.375. The standard InChI is InChI=1S/C13H19NO/c1-3-11-9-12(8-10(11)2)15-13-6-4-5-7-14-13/h4-7,10-12H,3,8-9H2,1-2H3/t10-,11-,12-/m0/s1. The Labute approximate surface area is 91.7 Å². The Hall–Kier alpha value is -1.05. The van der Waals surface area contributed by atoms with Crippen molar-refractivity contribution in [3.63, 3.8) is 0 Å². The molecular weight excluding hydrogens is 186 g/mol. The molecule has 1 aromatic heterocycles. The number of hydrogen-bond acceptors (Lipinski definition) is 2. The van der Waals surface area contributed by atoms with Crippen LogP contribution in [-0.4, -0.2) is 11.1 Å². The number of ether oxygens (including phenoxy) is 1. The molecule has 1 aromatic rings. The second-order valence-electron chi connectivity index (χ2n) is 4.52. The van der Waals surface area contributed by atoms with E-state index in [1.165, 1.54) is 19.3 Å². The highest BCUT2D eigenvalue weighted by Gasteiger charge is 2.31. The van der Waals surface area contributed by atoms with E-state index < -0.39 is 0 Å². The summed E-state index contributed by atoms with van der Waals surface area (Å²) in [5, 5.41) is 0. The molecule has 0 aromatic carbocycles. The molecular formula is C13H19NO. The molecule has 0 radical (unpaired) electrons. The first-order valence-corrected chi connectivity index (χ1v) is 5.87. The average Bonchev–Trinajstić information content (AvgIpc) is 2.60. The fourth-order valence-corrected chi connectivity index (χ4v) is 2.53. The van der Waals surface area contributed by atoms with Gasteiger partial charge in [-0.3, -0.25) is 0 Å². The van der Waals surface area contributed by atoms with Crippen molar-refractivity contribution in [2.75, 3.05) is 0 Å². The van der Waals surface area contributed by atoms with Crippen LogP contribution in [0.2, 0.25) is 0 Å². The van der Waals surface area contributed by atoms with Crippen molar-refractivity contribution < 1.29 is 4.74 Å². The van der Waals surface area contributed by atoms with Crippen LogP contribution in [0.1, 0.15) is 33.1 Å². The monoisotopic (exact) mass is 205 g/mol. The van der Waals surface area contributed by atoms with Gasteiger partial charge in [0.25, 0.3) is 0 Å². The van der Waals surface area contributed by atoms with E-state index in [1.54, 1.807) is 6.20 Å². The first kappa shape index (κ1) is 10.5. The Morgan fingerprint density at radius 1 is 1.40 bits per heavy atom. The van der Waals surface area contributed by atoms with Crippen LogP contribution >= 0.6 is 0 Å². The van der Waals surface area contributed by atoms with Gasteiger partial charge in [0.2, 0.25) is 5.88 Å². The Bertz CT molecular complexity index is 299. The second-order valence-corrected chi connectivity index (χ2v) is 4.52. The van der Waals surface area contributed by atoms with Crippen LogP contribution in [0.4, 0.5) is 0 Å². The quantitative estimate of drug-likeness (QED) is 0.755. The van der Waals surface area contributed by atoms with Crippen LogP contribution < -0.4 is 4.74 Å². The summed E-state index contributed by atoms with van der Waals surface area (Å²) in [6.07, 6.45) is 5.79. The third-order valence-corrected chi connectivity index (χ3v) is 3.45. The van der Waals surface area contributed by atoms with Gasteiger partial charge < -0.3 is 4.74 Å². The Balaban J connectivity index is 1.92. The molecule has 0 unspecified atom stereocenters. The van der Waals surface area contributed by atoms with Crippen molar-refractivity contribution in [3.8, 4) is 5.88 Å². The predicted octanol–water partition coefficient (Wildman–Crippen LogP) is 3.29. The summed E-state index contributed by atoms with van der Waals surface area (Å²) in [6.45, 7) is 4.60. The lowest BCUT2D eigenvalue weighted by molar-refractivity contribution is 0.194. The van der Waals surface area contributed by atoms with Gasteiger partial charge in [-0.25, -0.2) is 4.98 Å². The first-order valence-electron chi connectivity index (χ1n) is 5.87. The van der Waals surface area contributed by atoms with Crippen LogP contribution in [0.5, 0.6) is 5.88 Å². The summed E-state index contributed by atoms with van der Waals surface area (Å²) in [6, 6.07) is 5.82. The van der Waals surface area contributed by atoms with E-state index in [9.17, 15) is 0 Å². The Morgan fingerprint density at radius 2 is 2.27 bits per heavy atom. The summed E-state index contributed by atoms with van der Waals surface area (Å²) in [7, 11) is 0. The van der Waals surface area contributed by atoms with Gasteiger partial charge >= 0.3 is 0 Å². The molecule has 2 rings (SSSR count). The summed E-state index contributed by atoms with van der Waals surface area (Å²) >= 11 is 0. The Kier molecular flexibility index (Phi) is 3.24. The van der Waals surface area contributed by atoms with Gasteiger partial charge in [0, 0.05) is 12.3 Å². The lowest BCUT2D eigenvalue weighted by Gasteiger charge is -2.12. The smallest absolute Gasteiger partial charge is 0.213 e. The molecule has 2 nitrogen and oxygen atoms in total. The maximum Gasteiger partial charge on any atom is 0.213 e. The van der Waals surface area contributed by atoms with Gasteiger partial charge in [-0.15, -0.1) is 0 Å². The van der Waals surface area contributed by atoms with Crippen LogP contribution in [0.25, 0.3) is 0 Å². The van der Waals surface area contributed by atoms with Gasteiger partial charge in [-0.1, -0.05) is 26.3 Å². The molecule has 3 atom stereocenters. The maximum absolute atomic E-state index is 5.87. The summed E-state index contributed by atoms with van der Waals surface area (Å²) in [5.41, 5.74) is 0. The fraction of sp³-hybridized carbons (Fsp3) is 0.615. The largest absolute Gasteiger partial charge is 0.474 e. The van der Waals surface area contributed by atoms with Crippen LogP contribution in [0.3, 0.4) is 0 Å². The Morgan fingerprint density at radius 3 is 2.87 bits per heavy atom. The molecule has 0 bridgehead atoms. The number of rotatable bonds is 3. The molecule has 0 saturated heterocycles. The third kappa shape index (κ3) is 2.49. The zero-order valence-corrected chi connectivity index (χ0v) is 9.52. The summed E-state index contributed by atoms with van der Waals surface area (Å²) in [5.74, 6) is 2.40. The molecule has 0 aliphatic heterocycles. The number of aromatic nitrogens is 1. The van der Waals surface area contributed by atoms with Crippen LogP contribution in [-0.2, 0) is 0 Å². The van der Waals surface area contributed by atoms with Crippen molar-refractivity contribution in [2.45, 2.75) is 39.2 Å². The van der Waals surface area contributed by atoms with E-state index in [0.29, 0.717) is 6.10 Å². The average molecular weight is 205 g/mol. The van der Waals surface area contributed by atoms with Gasteiger partial charge in [-0.05, 0) is 30.7 Å². The van der Waals surface area contributed by atoms with E-state index in [-0.39, 0.29) is 0 Å². The molecule has 82 valence electrons. The molecule has 0 N–H and O–H groups in total. The number of nitrogens with zero attached hydrogens (tertiary/aromatic N) is 1. The van der Waals surface area contributed by atoms with E-state index >= 15 is 0 Å². The van der Waals surface area contributed by atoms with E-state index in [4.69, 9.17) is 4.74 Å². The summed E-state index contributed by atoms with van der Waals surface area (Å²) < 4.78 is 5.87. The van der Waals surface area contributed by atoms with E-state index in [0.717, 1.165) is 17.7 Å². The molecule has 1 heterocycles. The molecule has 1 aliphatic carbocycles. The maximum atomic E-state index is 5.87. The molecule has 15 heavy (non-hydrogen) atoms. The van der Waals surface area contributed by atoms with Gasteiger partial charge in [0.1, 0.15) is 6.10 Å². The molecule has 1 fully saturated rings. The van der Waals surface area contributed by atoms with E-state index in [2.05, 4.69) is 18.8 Å². The topological polar surface area (TPSA) is 22.1 Å². The van der Waals surface area contributed by atoms with E-state index in [1.807, 2.05) is 18.2 Å². The normalized spacial score (nSPS) is 30.4. The second kappa shape index (κ2) is 4.65. The van der Waals surface area contributed by atoms with Crippen molar-refractivity contribution in [3.05, 3.63) is 24.4 Å². The van der Waals surface area contributed by atoms with Crippen molar-refractivity contribution in [1.29, 1.82) is 0 Å². The highest BCUT2D eigenvalue weighted by Crippen LogP contribution is 2.35. The lowest BCUT2D eigenvalue weighted by atomic mass is 9.96. The SMILES string of the molecule is CC[C@H]1C[C@@H](Oc2ccccn2)C[C@@H]1C. The molecule has 1 saturated carbocycles. The number of pyridine rings is 1. The first-order chi connectivity index (χ1) is 7.29. The van der Waals surface area contributed by atoms with Crippen LogP contribution in [0.15, 0.2) is 24.4 Å². The zero-order valence-electron chi connectivity index (χ0n) is 9.52. The van der Waals surface area contributed by atoms with Gasteiger partial charge in [-0.2, -0.15) is 0 Å². The minimum Gasteiger partial charge on any atom is -0.474 e. The van der Waals surface area contributed by atoms with Crippen molar-refractivity contribution >= 4 is 0 Å². The van der Waals surface area contributed by atoms with Crippen LogP contribution in [0, 0.1) is 11.8 Å². The molecule has 2 heteroatoms. The molecule has 1 aliphatic rings. The predicted molar refractivity (Wildman–Crippen MR) is 60.8 cm³/mol. The van der Waals surface area contributed by atoms with Gasteiger partial charge in [0.15, 0.2) is 0 Å². The lowest BCUT2D eigenvalue weighted by Crippen LogP contribution is -2.12. The highest BCUT2D eigenvalue weighted by atomic mass is 16.5. The zero-order chi connectivity index (χ0) is 10.7. The number of hydrogen-bond donors (Lipinski definition) is 0. The highest BCUT2D eigenvalue weighted by molar-refractivity contribution is 5.10. The third-order valence-electron chi connectivity index (χ3n) is 3.45. The van der Waals surface area contributed by atoms with Crippen molar-refractivity contribution in [2.24, 2.45) is 11.8 Å². The van der Waals surface area contributed by atoms with Gasteiger partial charge in [0.05, 0.1) is 0 Å². The molecule has 0 amide bonds. The molecule has 0 spiro atoms. The minimum atomic E-state index is 0.375.